The molecule has 33 heavy (non-hydrogen) atoms. The molecule has 1 aliphatic heterocycles. The number of carbonyl (C=O) groups is 3. The number of anilines is 2. The SMILES string of the molecule is CC(C)(N)CC1(C(N)=O)NCN=C1C(=O)Nc1ccc(NC(=O)c2ccc(F)cc2Cl)cc1. The monoisotopic (exact) mass is 474 g/mol. The Morgan fingerprint density at radius 2 is 1.70 bits per heavy atom. The molecular formula is C22H24ClFN6O3. The molecule has 2 aromatic rings. The number of aliphatic imine (C=N–C) groups is 1. The van der Waals surface area contributed by atoms with Crippen LogP contribution in [0.5, 0.6) is 0 Å². The number of amides is 3. The molecule has 11 heteroatoms. The molecule has 1 aliphatic rings. The highest BCUT2D eigenvalue weighted by Crippen LogP contribution is 2.25. The second kappa shape index (κ2) is 9.26. The molecule has 2 aromatic carbocycles. The highest BCUT2D eigenvalue weighted by atomic mass is 35.5. The molecule has 0 radical (unpaired) electrons. The van der Waals surface area contributed by atoms with Gasteiger partial charge < -0.3 is 22.1 Å². The van der Waals surface area contributed by atoms with Crippen LogP contribution in [-0.2, 0) is 9.59 Å². The maximum absolute atomic E-state index is 13.2. The summed E-state index contributed by atoms with van der Waals surface area (Å²) in [6.07, 6.45) is 0.0818. The number of carbonyl (C=O) groups excluding carboxylic acids is 3. The number of nitrogens with zero attached hydrogens (tertiary/aromatic N) is 1. The van der Waals surface area contributed by atoms with Crippen LogP contribution < -0.4 is 27.4 Å². The van der Waals surface area contributed by atoms with E-state index in [4.69, 9.17) is 23.1 Å². The fourth-order valence-corrected chi connectivity index (χ4v) is 3.81. The van der Waals surface area contributed by atoms with Gasteiger partial charge in [0.1, 0.15) is 17.1 Å². The van der Waals surface area contributed by atoms with Crippen molar-refractivity contribution in [2.45, 2.75) is 31.3 Å². The van der Waals surface area contributed by atoms with Gasteiger partial charge in [0.15, 0.2) is 0 Å². The number of primary amides is 1. The molecule has 1 unspecified atom stereocenters. The Hall–Kier alpha value is -3.34. The molecule has 0 saturated heterocycles. The van der Waals surface area contributed by atoms with Gasteiger partial charge in [-0.15, -0.1) is 0 Å². The average Bonchev–Trinajstić information content (AvgIpc) is 3.12. The molecule has 1 heterocycles. The van der Waals surface area contributed by atoms with Gasteiger partial charge in [-0.05, 0) is 62.7 Å². The van der Waals surface area contributed by atoms with Gasteiger partial charge >= 0.3 is 0 Å². The van der Waals surface area contributed by atoms with Crippen LogP contribution in [0.2, 0.25) is 5.02 Å². The van der Waals surface area contributed by atoms with Crippen LogP contribution in [0.3, 0.4) is 0 Å². The first-order chi connectivity index (χ1) is 15.4. The van der Waals surface area contributed by atoms with E-state index in [1.54, 1.807) is 38.1 Å². The van der Waals surface area contributed by atoms with E-state index in [2.05, 4.69) is 20.9 Å². The molecular weight excluding hydrogens is 451 g/mol. The summed E-state index contributed by atoms with van der Waals surface area (Å²) in [7, 11) is 0. The number of benzene rings is 2. The van der Waals surface area contributed by atoms with Gasteiger partial charge in [-0.2, -0.15) is 0 Å². The summed E-state index contributed by atoms with van der Waals surface area (Å²) in [5.74, 6) is -2.41. The predicted molar refractivity (Wildman–Crippen MR) is 125 cm³/mol. The van der Waals surface area contributed by atoms with Crippen molar-refractivity contribution in [3.63, 3.8) is 0 Å². The number of hydrogen-bond donors (Lipinski definition) is 5. The van der Waals surface area contributed by atoms with Crippen LogP contribution in [0.15, 0.2) is 47.5 Å². The highest BCUT2D eigenvalue weighted by Gasteiger charge is 2.50. The first-order valence-electron chi connectivity index (χ1n) is 9.98. The molecule has 0 aliphatic carbocycles. The van der Waals surface area contributed by atoms with E-state index in [0.717, 1.165) is 12.1 Å². The van der Waals surface area contributed by atoms with Gasteiger partial charge in [-0.25, -0.2) is 4.39 Å². The zero-order valence-electron chi connectivity index (χ0n) is 18.0. The van der Waals surface area contributed by atoms with Crippen molar-refractivity contribution in [2.24, 2.45) is 16.5 Å². The molecule has 0 spiro atoms. The minimum Gasteiger partial charge on any atom is -0.368 e. The first-order valence-corrected chi connectivity index (χ1v) is 10.4. The van der Waals surface area contributed by atoms with E-state index < -0.39 is 34.6 Å². The summed E-state index contributed by atoms with van der Waals surface area (Å²) in [6, 6.07) is 9.70. The lowest BCUT2D eigenvalue weighted by Crippen LogP contribution is -2.64. The van der Waals surface area contributed by atoms with Gasteiger partial charge in [0.2, 0.25) is 5.91 Å². The van der Waals surface area contributed by atoms with Gasteiger partial charge in [-0.1, -0.05) is 11.6 Å². The van der Waals surface area contributed by atoms with Crippen LogP contribution in [-0.4, -0.2) is 41.2 Å². The van der Waals surface area contributed by atoms with Crippen molar-refractivity contribution < 1.29 is 18.8 Å². The largest absolute Gasteiger partial charge is 0.368 e. The smallest absolute Gasteiger partial charge is 0.272 e. The molecule has 0 bridgehead atoms. The molecule has 0 fully saturated rings. The quantitative estimate of drug-likeness (QED) is 0.415. The molecule has 3 amide bonds. The van der Waals surface area contributed by atoms with E-state index in [1.165, 1.54) is 6.07 Å². The lowest BCUT2D eigenvalue weighted by atomic mass is 9.80. The summed E-state index contributed by atoms with van der Waals surface area (Å²) in [5, 5.41) is 8.20. The van der Waals surface area contributed by atoms with E-state index in [0.29, 0.717) is 11.4 Å². The van der Waals surface area contributed by atoms with Crippen molar-refractivity contribution in [1.82, 2.24) is 5.32 Å². The van der Waals surface area contributed by atoms with Gasteiger partial charge in [0.05, 0.1) is 17.3 Å². The standard InChI is InChI=1S/C22H24ClFN6O3/c1-21(2,26)10-22(20(25)33)17(27-11-28-22)19(32)30-14-6-4-13(5-7-14)29-18(31)15-8-3-12(24)9-16(15)23/h3-9,28H,10-11,26H2,1-2H3,(H2,25,33)(H,29,31)(H,30,32). The van der Waals surface area contributed by atoms with Crippen molar-refractivity contribution in [1.29, 1.82) is 0 Å². The van der Waals surface area contributed by atoms with Gasteiger partial charge in [-0.3, -0.25) is 24.7 Å². The zero-order valence-corrected chi connectivity index (χ0v) is 18.8. The number of rotatable bonds is 7. The number of nitrogens with one attached hydrogen (secondary N) is 3. The molecule has 0 aromatic heterocycles. The molecule has 0 saturated carbocycles. The molecule has 3 rings (SSSR count). The zero-order chi connectivity index (χ0) is 24.4. The van der Waals surface area contributed by atoms with Crippen LogP contribution in [0, 0.1) is 5.82 Å². The number of halogens is 2. The van der Waals surface area contributed by atoms with Crippen LogP contribution in [0.25, 0.3) is 0 Å². The third-order valence-corrected chi connectivity index (χ3v) is 5.27. The summed E-state index contributed by atoms with van der Waals surface area (Å²) in [6.45, 7) is 3.50. The average molecular weight is 475 g/mol. The number of nitrogens with two attached hydrogens (primary N) is 2. The molecule has 7 N–H and O–H groups in total. The van der Waals surface area contributed by atoms with Crippen LogP contribution >= 0.6 is 11.6 Å². The summed E-state index contributed by atoms with van der Waals surface area (Å²) in [4.78, 5) is 41.6. The summed E-state index contributed by atoms with van der Waals surface area (Å²) >= 11 is 5.92. The fourth-order valence-electron chi connectivity index (χ4n) is 3.56. The van der Waals surface area contributed by atoms with Crippen molar-refractivity contribution in [3.8, 4) is 0 Å². The van der Waals surface area contributed by atoms with Crippen molar-refractivity contribution in [3.05, 3.63) is 58.9 Å². The highest BCUT2D eigenvalue weighted by molar-refractivity contribution is 6.50. The Labute approximate surface area is 194 Å². The van der Waals surface area contributed by atoms with E-state index in [-0.39, 0.29) is 29.4 Å². The Balaban J connectivity index is 1.71. The van der Waals surface area contributed by atoms with Crippen molar-refractivity contribution in [2.75, 3.05) is 17.3 Å². The lowest BCUT2D eigenvalue weighted by Gasteiger charge is -2.33. The Kier molecular flexibility index (Phi) is 6.82. The minimum atomic E-state index is -1.48. The Morgan fingerprint density at radius 3 is 2.21 bits per heavy atom. The van der Waals surface area contributed by atoms with E-state index in [9.17, 15) is 18.8 Å². The van der Waals surface area contributed by atoms with Crippen LogP contribution in [0.4, 0.5) is 15.8 Å². The molecule has 1 atom stereocenters. The topological polar surface area (TPSA) is 152 Å². The summed E-state index contributed by atoms with van der Waals surface area (Å²) < 4.78 is 13.2. The first kappa shape index (κ1) is 24.3. The number of hydrogen-bond acceptors (Lipinski definition) is 6. The second-order valence-electron chi connectivity index (χ2n) is 8.39. The normalized spacial score (nSPS) is 17.9. The van der Waals surface area contributed by atoms with Crippen LogP contribution in [0.1, 0.15) is 30.6 Å². The van der Waals surface area contributed by atoms with Crippen molar-refractivity contribution >= 4 is 46.4 Å². The van der Waals surface area contributed by atoms with E-state index >= 15 is 0 Å². The maximum atomic E-state index is 13.2. The molecule has 9 nitrogen and oxygen atoms in total. The fraction of sp³-hybridized carbons (Fsp3) is 0.273. The summed E-state index contributed by atoms with van der Waals surface area (Å²) in [5.41, 5.74) is 10.3. The second-order valence-corrected chi connectivity index (χ2v) is 8.79. The predicted octanol–water partition coefficient (Wildman–Crippen LogP) is 2.02. The van der Waals surface area contributed by atoms with Gasteiger partial charge in [0.25, 0.3) is 11.8 Å². The van der Waals surface area contributed by atoms with Gasteiger partial charge in [0, 0.05) is 16.9 Å². The Bertz CT molecular complexity index is 1130. The molecule has 174 valence electrons. The minimum absolute atomic E-state index is 0.0130. The third kappa shape index (κ3) is 5.54. The Morgan fingerprint density at radius 1 is 1.12 bits per heavy atom. The van der Waals surface area contributed by atoms with E-state index in [1.807, 2.05) is 0 Å². The maximum Gasteiger partial charge on any atom is 0.272 e. The lowest BCUT2D eigenvalue weighted by molar-refractivity contribution is -0.123. The third-order valence-electron chi connectivity index (χ3n) is 4.96.